The van der Waals surface area contributed by atoms with Crippen LogP contribution in [-0.4, -0.2) is 20.4 Å². The van der Waals surface area contributed by atoms with Gasteiger partial charge in [-0.25, -0.2) is 4.72 Å². The van der Waals surface area contributed by atoms with Crippen molar-refractivity contribution in [1.82, 2.24) is 4.72 Å². The van der Waals surface area contributed by atoms with Crippen LogP contribution in [0.1, 0.15) is 129 Å². The van der Waals surface area contributed by atoms with Crippen molar-refractivity contribution in [3.63, 3.8) is 0 Å². The number of hydrogen-bond acceptors (Lipinski definition) is 4. The molecule has 1 N–H and O–H groups in total. The minimum Gasteiger partial charge on any atom is -0.274 e. The number of carbonyl (C=O) groups is 1. The predicted octanol–water partition coefficient (Wildman–Crippen LogP) is 6.18. The van der Waals surface area contributed by atoms with Gasteiger partial charge in [-0.3, -0.25) is 8.98 Å². The van der Waals surface area contributed by atoms with Gasteiger partial charge in [0.1, 0.15) is 0 Å². The highest BCUT2D eigenvalue weighted by Crippen LogP contribution is 2.21. The second-order valence-electron chi connectivity index (χ2n) is 8.33. The molecule has 1 fully saturated rings. The molecule has 28 heavy (non-hydrogen) atoms. The Kier molecular flexibility index (Phi) is 14.7. The van der Waals surface area contributed by atoms with E-state index in [0.29, 0.717) is 0 Å². The standard InChI is InChI=1S/C22H43NO4S/c1-2-3-4-5-6-7-8-9-10-11-12-13-17-20-22(24)23-28(25,26)27-21-18-15-14-16-19-21/h21H,2-20H2,1H3,(H,23,24). The Labute approximate surface area is 173 Å². The maximum atomic E-state index is 11.9. The van der Waals surface area contributed by atoms with E-state index in [2.05, 4.69) is 11.6 Å². The van der Waals surface area contributed by atoms with Crippen LogP contribution in [-0.2, 0) is 19.3 Å². The number of carbonyl (C=O) groups excluding carboxylic acids is 1. The number of unbranched alkanes of at least 4 members (excludes halogenated alkanes) is 12. The lowest BCUT2D eigenvalue weighted by Gasteiger charge is -2.21. The Morgan fingerprint density at radius 2 is 1.25 bits per heavy atom. The Balaban J connectivity index is 1.92. The van der Waals surface area contributed by atoms with Gasteiger partial charge in [0.15, 0.2) is 0 Å². The first-order chi connectivity index (χ1) is 13.5. The summed E-state index contributed by atoms with van der Waals surface area (Å²) in [6.07, 6.45) is 20.8. The van der Waals surface area contributed by atoms with Gasteiger partial charge in [-0.2, -0.15) is 8.42 Å². The lowest BCUT2D eigenvalue weighted by Crippen LogP contribution is -2.35. The zero-order valence-electron chi connectivity index (χ0n) is 18.1. The number of hydrogen-bond donors (Lipinski definition) is 1. The lowest BCUT2D eigenvalue weighted by molar-refractivity contribution is -0.119. The molecule has 0 atom stereocenters. The molecule has 1 rings (SSSR count). The Morgan fingerprint density at radius 3 is 1.75 bits per heavy atom. The molecule has 1 saturated carbocycles. The second kappa shape index (κ2) is 16.2. The molecule has 166 valence electrons. The first-order valence-corrected chi connectivity index (χ1v) is 13.2. The first kappa shape index (κ1) is 25.4. The van der Waals surface area contributed by atoms with Crippen LogP contribution in [0.3, 0.4) is 0 Å². The molecule has 6 heteroatoms. The molecule has 0 spiro atoms. The molecule has 0 aromatic heterocycles. The van der Waals surface area contributed by atoms with Crippen LogP contribution >= 0.6 is 0 Å². The third kappa shape index (κ3) is 14.4. The maximum Gasteiger partial charge on any atom is 0.362 e. The predicted molar refractivity (Wildman–Crippen MR) is 115 cm³/mol. The molecular weight excluding hydrogens is 374 g/mol. The summed E-state index contributed by atoms with van der Waals surface area (Å²) < 4.78 is 30.9. The second-order valence-corrected chi connectivity index (χ2v) is 9.63. The molecule has 1 aliphatic rings. The van der Waals surface area contributed by atoms with Crippen LogP contribution in [0.4, 0.5) is 0 Å². The molecule has 0 aromatic rings. The summed E-state index contributed by atoms with van der Waals surface area (Å²) in [6.45, 7) is 2.25. The lowest BCUT2D eigenvalue weighted by atomic mass is 9.98. The van der Waals surface area contributed by atoms with Crippen LogP contribution < -0.4 is 4.72 Å². The minimum absolute atomic E-state index is 0.255. The fourth-order valence-corrected chi connectivity index (χ4v) is 4.84. The van der Waals surface area contributed by atoms with Crippen LogP contribution in [0, 0.1) is 0 Å². The molecule has 0 aliphatic heterocycles. The van der Waals surface area contributed by atoms with E-state index in [1.165, 1.54) is 64.2 Å². The van der Waals surface area contributed by atoms with Crippen LogP contribution in [0.15, 0.2) is 0 Å². The van der Waals surface area contributed by atoms with Gasteiger partial charge in [-0.05, 0) is 19.3 Å². The van der Waals surface area contributed by atoms with Crippen molar-refractivity contribution in [2.24, 2.45) is 0 Å². The highest BCUT2D eigenvalue weighted by Gasteiger charge is 2.23. The van der Waals surface area contributed by atoms with Crippen molar-refractivity contribution in [3.8, 4) is 0 Å². The van der Waals surface area contributed by atoms with E-state index in [9.17, 15) is 13.2 Å². The van der Waals surface area contributed by atoms with Crippen LogP contribution in [0.2, 0.25) is 0 Å². The van der Waals surface area contributed by atoms with E-state index in [4.69, 9.17) is 4.18 Å². The van der Waals surface area contributed by atoms with Gasteiger partial charge in [0.25, 0.3) is 0 Å². The molecule has 0 radical (unpaired) electrons. The van der Waals surface area contributed by atoms with Gasteiger partial charge in [-0.1, -0.05) is 103 Å². The van der Waals surface area contributed by atoms with Gasteiger partial charge >= 0.3 is 10.3 Å². The van der Waals surface area contributed by atoms with Crippen LogP contribution in [0.5, 0.6) is 0 Å². The van der Waals surface area contributed by atoms with E-state index in [1.54, 1.807) is 0 Å². The van der Waals surface area contributed by atoms with Gasteiger partial charge < -0.3 is 0 Å². The van der Waals surface area contributed by atoms with Crippen molar-refractivity contribution in [1.29, 1.82) is 0 Å². The Bertz CT molecular complexity index is 487. The van der Waals surface area contributed by atoms with Gasteiger partial charge in [0, 0.05) is 6.42 Å². The highest BCUT2D eigenvalue weighted by atomic mass is 32.2. The van der Waals surface area contributed by atoms with Crippen LogP contribution in [0.25, 0.3) is 0 Å². The topological polar surface area (TPSA) is 72.5 Å². The van der Waals surface area contributed by atoms with Gasteiger partial charge in [-0.15, -0.1) is 0 Å². The van der Waals surface area contributed by atoms with E-state index < -0.39 is 16.2 Å². The number of nitrogens with one attached hydrogen (secondary N) is 1. The molecule has 1 aliphatic carbocycles. The summed E-state index contributed by atoms with van der Waals surface area (Å²) in [4.78, 5) is 11.8. The monoisotopic (exact) mass is 417 g/mol. The maximum absolute atomic E-state index is 11.9. The molecular formula is C22H43NO4S. The van der Waals surface area contributed by atoms with Crippen molar-refractivity contribution in [2.45, 2.75) is 135 Å². The zero-order valence-corrected chi connectivity index (χ0v) is 18.9. The fraction of sp³-hybridized carbons (Fsp3) is 0.955. The molecule has 0 unspecified atom stereocenters. The van der Waals surface area contributed by atoms with Crippen molar-refractivity contribution in [3.05, 3.63) is 0 Å². The van der Waals surface area contributed by atoms with E-state index in [-0.39, 0.29) is 12.5 Å². The molecule has 5 nitrogen and oxygen atoms in total. The largest absolute Gasteiger partial charge is 0.362 e. The zero-order chi connectivity index (χ0) is 20.5. The number of rotatable bonds is 17. The van der Waals surface area contributed by atoms with Crippen molar-refractivity contribution < 1.29 is 17.4 Å². The average Bonchev–Trinajstić information content (AvgIpc) is 2.65. The number of amides is 1. The summed E-state index contributed by atoms with van der Waals surface area (Å²) in [5, 5.41) is 0. The van der Waals surface area contributed by atoms with Gasteiger partial charge in [0.2, 0.25) is 5.91 Å². The fourth-order valence-electron chi connectivity index (χ4n) is 3.86. The SMILES string of the molecule is CCCCCCCCCCCCCCCC(=O)NS(=O)(=O)OC1CCCCC1. The third-order valence-corrected chi connectivity index (χ3v) is 6.56. The molecule has 0 aromatic carbocycles. The summed E-state index contributed by atoms with van der Waals surface area (Å²) >= 11 is 0. The van der Waals surface area contributed by atoms with Crippen molar-refractivity contribution >= 4 is 16.2 Å². The summed E-state index contributed by atoms with van der Waals surface area (Å²) in [6, 6.07) is 0. The summed E-state index contributed by atoms with van der Waals surface area (Å²) in [5.74, 6) is -0.445. The van der Waals surface area contributed by atoms with E-state index in [1.807, 2.05) is 0 Å². The molecule has 0 heterocycles. The van der Waals surface area contributed by atoms with E-state index >= 15 is 0 Å². The summed E-state index contributed by atoms with van der Waals surface area (Å²) in [7, 11) is -3.95. The smallest absolute Gasteiger partial charge is 0.274 e. The average molecular weight is 418 g/mol. The normalized spacial score (nSPS) is 15.6. The molecule has 1 amide bonds. The Morgan fingerprint density at radius 1 is 0.786 bits per heavy atom. The van der Waals surface area contributed by atoms with Crippen molar-refractivity contribution in [2.75, 3.05) is 0 Å². The molecule has 0 bridgehead atoms. The third-order valence-electron chi connectivity index (χ3n) is 5.56. The summed E-state index contributed by atoms with van der Waals surface area (Å²) in [5.41, 5.74) is 0. The van der Waals surface area contributed by atoms with Gasteiger partial charge in [0.05, 0.1) is 6.10 Å². The quantitative estimate of drug-likeness (QED) is 0.287. The minimum atomic E-state index is -3.95. The van der Waals surface area contributed by atoms with E-state index in [0.717, 1.165) is 51.4 Å². The Hall–Kier alpha value is -0.620. The molecule has 0 saturated heterocycles. The highest BCUT2D eigenvalue weighted by molar-refractivity contribution is 7.85. The first-order valence-electron chi connectivity index (χ1n) is 11.8.